The fraction of sp³-hybridized carbons (Fsp3) is 0.385. The molecule has 0 aromatic carbocycles. The zero-order valence-corrected chi connectivity index (χ0v) is 39.4. The quantitative estimate of drug-likeness (QED) is 0.222. The predicted molar refractivity (Wildman–Crippen MR) is 253 cm³/mol. The lowest BCUT2D eigenvalue weighted by Gasteiger charge is -2.39. The number of hydrogen-bond donors (Lipinski definition) is 2. The molecule has 3 aliphatic heterocycles. The number of anilines is 3. The van der Waals surface area contributed by atoms with Gasteiger partial charge in [0.15, 0.2) is 17.5 Å². The molecule has 0 saturated carbocycles. The summed E-state index contributed by atoms with van der Waals surface area (Å²) in [5.74, 6) is 2.58. The molecule has 0 bridgehead atoms. The number of hydrogen-bond acceptors (Lipinski definition) is 21. The molecule has 0 spiro atoms. The highest BCUT2D eigenvalue weighted by atomic mass is 79.9. The van der Waals surface area contributed by atoms with Crippen LogP contribution in [-0.4, -0.2) is 166 Å². The van der Waals surface area contributed by atoms with E-state index in [9.17, 15) is 0 Å². The first-order chi connectivity index (χ1) is 31.4. The molecule has 9 aromatic rings. The summed E-state index contributed by atoms with van der Waals surface area (Å²) in [6, 6.07) is 13.2. The van der Waals surface area contributed by atoms with Gasteiger partial charge in [-0.05, 0) is 117 Å². The van der Waals surface area contributed by atoms with E-state index in [4.69, 9.17) is 4.98 Å². The van der Waals surface area contributed by atoms with Crippen LogP contribution in [0, 0.1) is 6.92 Å². The van der Waals surface area contributed by atoms with Crippen LogP contribution < -0.4 is 25.3 Å². The molecule has 25 heteroatoms. The second-order valence-corrected chi connectivity index (χ2v) is 19.9. The van der Waals surface area contributed by atoms with Crippen molar-refractivity contribution in [2.75, 3.05) is 88.2 Å². The molecule has 1 atom stereocenters. The maximum atomic E-state index is 4.83. The van der Waals surface area contributed by atoms with Crippen LogP contribution in [0.25, 0.3) is 48.7 Å². The molecule has 3 aliphatic rings. The highest BCUT2D eigenvalue weighted by molar-refractivity contribution is 9.11. The zero-order valence-electron chi connectivity index (χ0n) is 35.4. The fourth-order valence-corrected chi connectivity index (χ4v) is 10.9. The molecule has 3 fully saturated rings. The second-order valence-electron chi connectivity index (χ2n) is 15.5. The highest BCUT2D eigenvalue weighted by Crippen LogP contribution is 2.34. The number of aromatic nitrogens is 15. The van der Waals surface area contributed by atoms with Crippen LogP contribution in [0.1, 0.15) is 12.1 Å². The van der Waals surface area contributed by atoms with Crippen LogP contribution in [0.3, 0.4) is 0 Å². The Morgan fingerprint density at radius 1 is 0.625 bits per heavy atom. The van der Waals surface area contributed by atoms with Crippen molar-refractivity contribution >= 4 is 84.3 Å². The Balaban J connectivity index is 0.000000114. The van der Waals surface area contributed by atoms with Crippen LogP contribution in [0.4, 0.5) is 17.5 Å². The SMILES string of the molecule is CNC1CN(c2ncc(-c3ccc(Br)s3)n3nnnc23)C1.CN[C@@H]1CCN(c2ncc(-c3cccs3)n3nnnc23)C1.Cc1nc(N2CCN(C)CC2)c2nnnn2c1-c1cccs1. The number of nitrogens with one attached hydrogen (secondary N) is 2. The maximum Gasteiger partial charge on any atom is 0.222 e. The van der Waals surface area contributed by atoms with Gasteiger partial charge in [-0.25, -0.2) is 15.0 Å². The first-order valence-electron chi connectivity index (χ1n) is 20.7. The van der Waals surface area contributed by atoms with E-state index in [2.05, 4.69) is 127 Å². The van der Waals surface area contributed by atoms with Gasteiger partial charge in [-0.15, -0.1) is 49.3 Å². The molecule has 12 heterocycles. The van der Waals surface area contributed by atoms with Gasteiger partial charge in [-0.2, -0.15) is 13.5 Å². The summed E-state index contributed by atoms with van der Waals surface area (Å²) in [6.07, 6.45) is 4.81. The van der Waals surface area contributed by atoms with Gasteiger partial charge in [0.1, 0.15) is 17.1 Å². The molecular weight excluding hydrogens is 939 g/mol. The lowest BCUT2D eigenvalue weighted by atomic mass is 10.1. The van der Waals surface area contributed by atoms with Crippen LogP contribution in [0.5, 0.6) is 0 Å². The Bertz CT molecular complexity index is 2970. The third-order valence-corrected chi connectivity index (χ3v) is 15.0. The summed E-state index contributed by atoms with van der Waals surface area (Å²) in [7, 11) is 6.11. The van der Waals surface area contributed by atoms with Gasteiger partial charge < -0.3 is 30.2 Å². The molecule has 9 aromatic heterocycles. The summed E-state index contributed by atoms with van der Waals surface area (Å²) in [4.78, 5) is 26.4. The Morgan fingerprint density at radius 2 is 1.20 bits per heavy atom. The molecular formula is C39H44BrN21S3. The minimum Gasteiger partial charge on any atom is -0.352 e. The average Bonchev–Trinajstić information content (AvgIpc) is 4.15. The van der Waals surface area contributed by atoms with Gasteiger partial charge in [0, 0.05) is 64.4 Å². The average molecular weight is 983 g/mol. The topological polar surface area (TPSA) is 205 Å². The van der Waals surface area contributed by atoms with Crippen molar-refractivity contribution in [1.82, 2.24) is 90.6 Å². The normalized spacial score (nSPS) is 17.0. The van der Waals surface area contributed by atoms with Gasteiger partial charge in [-0.3, -0.25) is 0 Å². The van der Waals surface area contributed by atoms with E-state index >= 15 is 0 Å². The van der Waals surface area contributed by atoms with E-state index in [-0.39, 0.29) is 0 Å². The Hall–Kier alpha value is -5.70. The molecule has 2 N–H and O–H groups in total. The number of fused-ring (bicyclic) bond motifs is 3. The number of halogens is 1. The maximum absolute atomic E-state index is 4.83. The van der Waals surface area contributed by atoms with E-state index in [1.54, 1.807) is 43.0 Å². The number of aryl methyl sites for hydroxylation is 1. The number of tetrazole rings is 3. The minimum atomic E-state index is 0.500. The number of thiophene rings is 3. The van der Waals surface area contributed by atoms with Gasteiger partial charge in [0.2, 0.25) is 16.9 Å². The van der Waals surface area contributed by atoms with Crippen molar-refractivity contribution < 1.29 is 0 Å². The van der Waals surface area contributed by atoms with Crippen molar-refractivity contribution in [2.24, 2.45) is 0 Å². The molecule has 21 nitrogen and oxygen atoms in total. The predicted octanol–water partition coefficient (Wildman–Crippen LogP) is 3.77. The summed E-state index contributed by atoms with van der Waals surface area (Å²) >= 11 is 8.44. The third kappa shape index (κ3) is 8.27. The largest absolute Gasteiger partial charge is 0.352 e. The molecule has 12 rings (SSSR count). The molecule has 0 amide bonds. The van der Waals surface area contributed by atoms with E-state index in [0.717, 1.165) is 129 Å². The van der Waals surface area contributed by atoms with E-state index < -0.39 is 0 Å². The summed E-state index contributed by atoms with van der Waals surface area (Å²) in [6.45, 7) is 9.74. The van der Waals surface area contributed by atoms with Gasteiger partial charge in [0.25, 0.3) is 0 Å². The zero-order chi connectivity index (χ0) is 43.7. The fourth-order valence-electron chi connectivity index (χ4n) is 7.95. The van der Waals surface area contributed by atoms with Crippen molar-refractivity contribution in [1.29, 1.82) is 0 Å². The van der Waals surface area contributed by atoms with E-state index in [1.807, 2.05) is 67.6 Å². The summed E-state index contributed by atoms with van der Waals surface area (Å²) in [5.41, 5.74) is 5.92. The van der Waals surface area contributed by atoms with Crippen molar-refractivity contribution in [3.8, 4) is 31.7 Å². The Labute approximate surface area is 387 Å². The lowest BCUT2D eigenvalue weighted by molar-refractivity contribution is 0.312. The van der Waals surface area contributed by atoms with Crippen molar-refractivity contribution in [3.05, 3.63) is 69.0 Å². The first-order valence-corrected chi connectivity index (χ1v) is 24.1. The molecule has 64 heavy (non-hydrogen) atoms. The Morgan fingerprint density at radius 3 is 1.78 bits per heavy atom. The smallest absolute Gasteiger partial charge is 0.222 e. The number of nitrogens with zero attached hydrogens (tertiary/aromatic N) is 19. The third-order valence-electron chi connectivity index (χ3n) is 11.6. The summed E-state index contributed by atoms with van der Waals surface area (Å²) < 4.78 is 6.43. The molecule has 0 unspecified atom stereocenters. The van der Waals surface area contributed by atoms with Crippen LogP contribution >= 0.6 is 49.9 Å². The minimum absolute atomic E-state index is 0.500. The Kier molecular flexibility index (Phi) is 12.2. The molecule has 0 aliphatic carbocycles. The highest BCUT2D eigenvalue weighted by Gasteiger charge is 2.30. The molecule has 3 saturated heterocycles. The second kappa shape index (κ2) is 18.4. The van der Waals surface area contributed by atoms with Crippen molar-refractivity contribution in [2.45, 2.75) is 25.4 Å². The van der Waals surface area contributed by atoms with Crippen LogP contribution in [0.15, 0.2) is 63.3 Å². The number of piperazine rings is 1. The first kappa shape index (κ1) is 42.3. The summed E-state index contributed by atoms with van der Waals surface area (Å²) in [5, 5.41) is 47.1. The van der Waals surface area contributed by atoms with E-state index in [1.165, 1.54) is 0 Å². The lowest BCUT2D eigenvalue weighted by Crippen LogP contribution is -2.57. The van der Waals surface area contributed by atoms with Gasteiger partial charge >= 0.3 is 0 Å². The molecule has 330 valence electrons. The van der Waals surface area contributed by atoms with E-state index in [0.29, 0.717) is 17.7 Å². The van der Waals surface area contributed by atoms with Crippen LogP contribution in [0.2, 0.25) is 0 Å². The van der Waals surface area contributed by atoms with Crippen molar-refractivity contribution in [3.63, 3.8) is 0 Å². The number of likely N-dealkylation sites (N-methyl/N-ethyl adjacent to an activating group) is 3. The number of rotatable bonds is 8. The van der Waals surface area contributed by atoms with Gasteiger partial charge in [0.05, 0.1) is 36.5 Å². The van der Waals surface area contributed by atoms with Gasteiger partial charge in [-0.1, -0.05) is 12.1 Å². The van der Waals surface area contributed by atoms with Crippen LogP contribution in [-0.2, 0) is 0 Å². The molecule has 0 radical (unpaired) electrons. The monoisotopic (exact) mass is 981 g/mol. The standard InChI is InChI=1S/C14H17N7S.C13H15N7S.C12H12BrN7S/c1-10-12(11-4-3-9-22-11)21-14(16-17-18-21)13(15-10)20-7-5-19(2)6-8-20;1-14-9-4-5-19(8-9)12-13-16-17-18-20(13)10(7-15-12)11-3-2-6-21-11;1-14-7-5-19(6-7)11-12-16-17-18-20(12)8(4-15-11)9-2-3-10(13)21-9/h3-4,9H,5-8H2,1-2H3;2-3,6-7,9,14H,4-5,8H2,1H3;2-4,7,14H,5-6H2,1H3/t;9-;/m.1./s1.